The standard InChI is InChI=1S/C23H29N3O2/c1-28-22-11-5-10-21(19-22)24-23(27)12-14-26-17-15-25(16-18-26)13-6-9-20-7-3-2-4-8-20/h2-11,19H,12-18H2,1H3,(H,24,27)/b9-6+. The fourth-order valence-electron chi connectivity index (χ4n) is 3.28. The molecule has 0 aromatic heterocycles. The number of benzene rings is 2. The first-order valence-corrected chi connectivity index (χ1v) is 9.83. The summed E-state index contributed by atoms with van der Waals surface area (Å²) in [6.07, 6.45) is 4.91. The van der Waals surface area contributed by atoms with E-state index in [4.69, 9.17) is 4.74 Å². The Balaban J connectivity index is 1.34. The van der Waals surface area contributed by atoms with Crippen molar-refractivity contribution < 1.29 is 9.53 Å². The average Bonchev–Trinajstić information content (AvgIpc) is 2.74. The number of nitrogens with one attached hydrogen (secondary N) is 1. The number of carbonyl (C=O) groups excluding carboxylic acids is 1. The van der Waals surface area contributed by atoms with Crippen molar-refractivity contribution in [2.75, 3.05) is 51.7 Å². The summed E-state index contributed by atoms with van der Waals surface area (Å²) in [7, 11) is 1.62. The van der Waals surface area contributed by atoms with Crippen LogP contribution in [0.3, 0.4) is 0 Å². The normalized spacial score (nSPS) is 15.6. The maximum absolute atomic E-state index is 12.2. The molecule has 0 atom stereocenters. The second kappa shape index (κ2) is 10.6. The van der Waals surface area contributed by atoms with E-state index in [1.165, 1.54) is 5.56 Å². The second-order valence-corrected chi connectivity index (χ2v) is 6.99. The molecule has 5 heteroatoms. The molecule has 148 valence electrons. The molecule has 1 aliphatic heterocycles. The first-order chi connectivity index (χ1) is 13.7. The Morgan fingerprint density at radius 3 is 2.54 bits per heavy atom. The molecule has 1 N–H and O–H groups in total. The molecule has 3 rings (SSSR count). The molecule has 5 nitrogen and oxygen atoms in total. The molecule has 1 heterocycles. The highest BCUT2D eigenvalue weighted by atomic mass is 16.5. The number of hydrogen-bond donors (Lipinski definition) is 1. The van der Waals surface area contributed by atoms with E-state index in [0.717, 1.165) is 50.7 Å². The van der Waals surface area contributed by atoms with Gasteiger partial charge in [-0.05, 0) is 17.7 Å². The molecule has 1 aliphatic rings. The minimum Gasteiger partial charge on any atom is -0.497 e. The zero-order valence-electron chi connectivity index (χ0n) is 16.5. The van der Waals surface area contributed by atoms with Crippen LogP contribution >= 0.6 is 0 Å². The third-order valence-electron chi connectivity index (χ3n) is 4.95. The van der Waals surface area contributed by atoms with E-state index in [9.17, 15) is 4.79 Å². The largest absolute Gasteiger partial charge is 0.497 e. The van der Waals surface area contributed by atoms with Crippen molar-refractivity contribution in [1.29, 1.82) is 0 Å². The van der Waals surface area contributed by atoms with Crippen LogP contribution in [0.4, 0.5) is 5.69 Å². The average molecular weight is 380 g/mol. The summed E-state index contributed by atoms with van der Waals surface area (Å²) in [5.41, 5.74) is 2.02. The number of hydrogen-bond acceptors (Lipinski definition) is 4. The Labute approximate surface area is 167 Å². The van der Waals surface area contributed by atoms with Gasteiger partial charge in [-0.3, -0.25) is 9.69 Å². The number of amides is 1. The Bertz CT molecular complexity index is 768. The number of ether oxygens (including phenoxy) is 1. The Hall–Kier alpha value is -2.63. The van der Waals surface area contributed by atoms with Crippen LogP contribution in [-0.4, -0.2) is 62.1 Å². The number of methoxy groups -OCH3 is 1. The van der Waals surface area contributed by atoms with Crippen molar-refractivity contribution in [1.82, 2.24) is 9.80 Å². The van der Waals surface area contributed by atoms with Crippen LogP contribution in [0.1, 0.15) is 12.0 Å². The lowest BCUT2D eigenvalue weighted by Crippen LogP contribution is -2.46. The minimum absolute atomic E-state index is 0.0430. The number of piperazine rings is 1. The predicted octanol–water partition coefficient (Wildman–Crippen LogP) is 3.35. The second-order valence-electron chi connectivity index (χ2n) is 6.99. The number of carbonyl (C=O) groups is 1. The molecule has 0 aliphatic carbocycles. The maximum Gasteiger partial charge on any atom is 0.225 e. The highest BCUT2D eigenvalue weighted by Gasteiger charge is 2.16. The van der Waals surface area contributed by atoms with Crippen LogP contribution in [0.2, 0.25) is 0 Å². The Kier molecular flexibility index (Phi) is 7.64. The highest BCUT2D eigenvalue weighted by molar-refractivity contribution is 5.91. The van der Waals surface area contributed by atoms with Crippen LogP contribution < -0.4 is 10.1 Å². The molecule has 1 saturated heterocycles. The lowest BCUT2D eigenvalue weighted by Gasteiger charge is -2.34. The van der Waals surface area contributed by atoms with Crippen molar-refractivity contribution in [3.8, 4) is 5.75 Å². The molecule has 2 aromatic carbocycles. The highest BCUT2D eigenvalue weighted by Crippen LogP contribution is 2.16. The van der Waals surface area contributed by atoms with Crippen molar-refractivity contribution in [2.45, 2.75) is 6.42 Å². The Morgan fingerprint density at radius 2 is 1.79 bits per heavy atom. The summed E-state index contributed by atoms with van der Waals surface area (Å²) in [6.45, 7) is 5.85. The van der Waals surface area contributed by atoms with Crippen molar-refractivity contribution in [2.24, 2.45) is 0 Å². The van der Waals surface area contributed by atoms with E-state index in [2.05, 4.69) is 51.5 Å². The first-order valence-electron chi connectivity index (χ1n) is 9.83. The topological polar surface area (TPSA) is 44.8 Å². The molecular formula is C23H29N3O2. The quantitative estimate of drug-likeness (QED) is 0.764. The van der Waals surface area contributed by atoms with Gasteiger partial charge < -0.3 is 15.0 Å². The number of anilines is 1. The van der Waals surface area contributed by atoms with Gasteiger partial charge in [0, 0.05) is 57.4 Å². The number of nitrogens with zero attached hydrogens (tertiary/aromatic N) is 2. The molecule has 0 radical (unpaired) electrons. The van der Waals surface area contributed by atoms with E-state index in [1.54, 1.807) is 7.11 Å². The summed E-state index contributed by atoms with van der Waals surface area (Å²) >= 11 is 0. The van der Waals surface area contributed by atoms with Crippen LogP contribution in [0.5, 0.6) is 5.75 Å². The van der Waals surface area contributed by atoms with Crippen molar-refractivity contribution in [3.63, 3.8) is 0 Å². The summed E-state index contributed by atoms with van der Waals surface area (Å²) in [6, 6.07) is 17.8. The lowest BCUT2D eigenvalue weighted by atomic mass is 10.2. The van der Waals surface area contributed by atoms with Gasteiger partial charge in [0.05, 0.1) is 7.11 Å². The van der Waals surface area contributed by atoms with Crippen molar-refractivity contribution >= 4 is 17.7 Å². The van der Waals surface area contributed by atoms with Crippen molar-refractivity contribution in [3.05, 3.63) is 66.2 Å². The molecule has 0 unspecified atom stereocenters. The lowest BCUT2D eigenvalue weighted by molar-refractivity contribution is -0.116. The van der Waals surface area contributed by atoms with Gasteiger partial charge in [0.15, 0.2) is 0 Å². The maximum atomic E-state index is 12.2. The van der Waals surface area contributed by atoms with Crippen LogP contribution in [0, 0.1) is 0 Å². The van der Waals surface area contributed by atoms with E-state index in [0.29, 0.717) is 6.42 Å². The third kappa shape index (κ3) is 6.51. The van der Waals surface area contributed by atoms with Crippen LogP contribution in [0.25, 0.3) is 6.08 Å². The van der Waals surface area contributed by atoms with E-state index < -0.39 is 0 Å². The summed E-state index contributed by atoms with van der Waals surface area (Å²) < 4.78 is 5.19. The fourth-order valence-corrected chi connectivity index (χ4v) is 3.28. The summed E-state index contributed by atoms with van der Waals surface area (Å²) in [5.74, 6) is 0.789. The van der Waals surface area contributed by atoms with Gasteiger partial charge in [-0.1, -0.05) is 48.6 Å². The van der Waals surface area contributed by atoms with Crippen LogP contribution in [-0.2, 0) is 4.79 Å². The van der Waals surface area contributed by atoms with Gasteiger partial charge in [0.1, 0.15) is 5.75 Å². The first kappa shape index (κ1) is 20.1. The third-order valence-corrected chi connectivity index (χ3v) is 4.95. The molecule has 0 spiro atoms. The zero-order chi connectivity index (χ0) is 19.6. The van der Waals surface area contributed by atoms with E-state index in [-0.39, 0.29) is 5.91 Å². The molecule has 1 fully saturated rings. The molecule has 1 amide bonds. The monoisotopic (exact) mass is 379 g/mol. The van der Waals surface area contributed by atoms with Gasteiger partial charge in [-0.25, -0.2) is 0 Å². The smallest absolute Gasteiger partial charge is 0.225 e. The summed E-state index contributed by atoms with van der Waals surface area (Å²) in [4.78, 5) is 17.0. The van der Waals surface area contributed by atoms with Crippen LogP contribution in [0.15, 0.2) is 60.7 Å². The molecular weight excluding hydrogens is 350 g/mol. The zero-order valence-corrected chi connectivity index (χ0v) is 16.5. The molecule has 0 saturated carbocycles. The van der Waals surface area contributed by atoms with Gasteiger partial charge in [-0.15, -0.1) is 0 Å². The molecule has 28 heavy (non-hydrogen) atoms. The van der Waals surface area contributed by atoms with Gasteiger partial charge in [-0.2, -0.15) is 0 Å². The minimum atomic E-state index is 0.0430. The van der Waals surface area contributed by atoms with Gasteiger partial charge >= 0.3 is 0 Å². The predicted molar refractivity (Wildman–Crippen MR) is 115 cm³/mol. The van der Waals surface area contributed by atoms with E-state index >= 15 is 0 Å². The summed E-state index contributed by atoms with van der Waals surface area (Å²) in [5, 5.41) is 2.94. The van der Waals surface area contributed by atoms with Gasteiger partial charge in [0.2, 0.25) is 5.91 Å². The molecule has 2 aromatic rings. The van der Waals surface area contributed by atoms with Gasteiger partial charge in [0.25, 0.3) is 0 Å². The number of rotatable bonds is 8. The Morgan fingerprint density at radius 1 is 1.04 bits per heavy atom. The molecule has 0 bridgehead atoms. The SMILES string of the molecule is COc1cccc(NC(=O)CCN2CCN(C/C=C/c3ccccc3)CC2)c1. The van der Waals surface area contributed by atoms with E-state index in [1.807, 2.05) is 30.3 Å². The fraction of sp³-hybridized carbons (Fsp3) is 0.348.